The summed E-state index contributed by atoms with van der Waals surface area (Å²) in [6.45, 7) is 7.83. The summed E-state index contributed by atoms with van der Waals surface area (Å²) in [4.78, 5) is 4.52. The number of guanidine groups is 1. The van der Waals surface area contributed by atoms with Gasteiger partial charge in [-0.3, -0.25) is 4.99 Å². The van der Waals surface area contributed by atoms with Crippen molar-refractivity contribution in [2.24, 2.45) is 22.2 Å². The fourth-order valence-corrected chi connectivity index (χ4v) is 4.81. The smallest absolute Gasteiger partial charge is 0.377 e. The van der Waals surface area contributed by atoms with Gasteiger partial charge in [-0.1, -0.05) is 13.8 Å². The molecule has 2 N–H and O–H groups in total. The first-order chi connectivity index (χ1) is 11.7. The monoisotopic (exact) mass is 361 g/mol. The zero-order chi connectivity index (χ0) is 18.2. The Morgan fingerprint density at radius 3 is 2.40 bits per heavy atom. The van der Waals surface area contributed by atoms with E-state index < -0.39 is 12.1 Å². The summed E-state index contributed by atoms with van der Waals surface area (Å²) >= 11 is 0. The fourth-order valence-electron chi connectivity index (χ4n) is 4.81. The molecular formula is C18H30F3N3O. The molecule has 144 valence electrons. The molecule has 7 heteroatoms. The van der Waals surface area contributed by atoms with Gasteiger partial charge in [-0.05, 0) is 39.0 Å². The molecule has 2 aliphatic carbocycles. The first kappa shape index (κ1) is 18.8. The number of aliphatic imine (C=N–C) groups is 1. The predicted octanol–water partition coefficient (Wildman–Crippen LogP) is 3.48. The highest BCUT2D eigenvalue weighted by Crippen LogP contribution is 2.52. The highest BCUT2D eigenvalue weighted by molar-refractivity contribution is 5.80. The summed E-state index contributed by atoms with van der Waals surface area (Å²) in [5, 5.41) is 6.92. The Morgan fingerprint density at radius 1 is 1.12 bits per heavy atom. The molecule has 3 unspecified atom stereocenters. The maximum Gasteiger partial charge on any atom is 0.391 e. The molecule has 1 aliphatic heterocycles. The van der Waals surface area contributed by atoms with Crippen LogP contribution in [0.2, 0.25) is 0 Å². The lowest BCUT2D eigenvalue weighted by molar-refractivity contribution is -0.182. The van der Waals surface area contributed by atoms with Crippen molar-refractivity contribution in [3.63, 3.8) is 0 Å². The van der Waals surface area contributed by atoms with Crippen molar-refractivity contribution >= 4 is 5.96 Å². The molecule has 3 rings (SSSR count). The van der Waals surface area contributed by atoms with E-state index in [2.05, 4.69) is 29.5 Å². The highest BCUT2D eigenvalue weighted by atomic mass is 19.4. The van der Waals surface area contributed by atoms with Gasteiger partial charge in [0.2, 0.25) is 0 Å². The second kappa shape index (κ2) is 6.97. The van der Waals surface area contributed by atoms with Crippen LogP contribution in [0.4, 0.5) is 13.2 Å². The normalized spacial score (nSPS) is 38.0. The number of nitrogens with one attached hydrogen (secondary N) is 2. The molecule has 3 atom stereocenters. The van der Waals surface area contributed by atoms with Crippen molar-refractivity contribution in [2.75, 3.05) is 13.2 Å². The molecule has 3 aliphatic rings. The lowest BCUT2D eigenvalue weighted by Gasteiger charge is -2.55. The Labute approximate surface area is 148 Å². The second-order valence-corrected chi connectivity index (χ2v) is 8.24. The molecular weight excluding hydrogens is 331 g/mol. The van der Waals surface area contributed by atoms with E-state index in [1.807, 2.05) is 6.92 Å². The summed E-state index contributed by atoms with van der Waals surface area (Å²) in [6, 6.07) is 0.361. The van der Waals surface area contributed by atoms with Crippen LogP contribution in [0.5, 0.6) is 0 Å². The predicted molar refractivity (Wildman–Crippen MR) is 91.5 cm³/mol. The van der Waals surface area contributed by atoms with Crippen molar-refractivity contribution in [3.8, 4) is 0 Å². The van der Waals surface area contributed by atoms with Gasteiger partial charge in [-0.25, -0.2) is 0 Å². The molecule has 0 aromatic heterocycles. The van der Waals surface area contributed by atoms with E-state index in [0.717, 1.165) is 19.0 Å². The molecule has 0 amide bonds. The van der Waals surface area contributed by atoms with E-state index in [9.17, 15) is 13.2 Å². The lowest BCUT2D eigenvalue weighted by Crippen LogP contribution is -2.68. The third-order valence-corrected chi connectivity index (χ3v) is 6.24. The van der Waals surface area contributed by atoms with Gasteiger partial charge >= 0.3 is 6.18 Å². The molecule has 1 heterocycles. The standard InChI is InChI=1S/C18H30F3N3O/c1-4-22-16(23-12-7-5-11(6-8-12)18(19,20)21)24-14-13-9-10-25-15(13)17(14,2)3/h11-15H,4-10H2,1-3H3,(H2,22,23,24). The zero-order valence-electron chi connectivity index (χ0n) is 15.3. The van der Waals surface area contributed by atoms with Crippen LogP contribution in [0.15, 0.2) is 4.99 Å². The summed E-state index contributed by atoms with van der Waals surface area (Å²) in [5.41, 5.74) is 0.0469. The molecule has 25 heavy (non-hydrogen) atoms. The number of hydrogen-bond acceptors (Lipinski definition) is 2. The van der Waals surface area contributed by atoms with Gasteiger partial charge in [-0.2, -0.15) is 13.2 Å². The average Bonchev–Trinajstić information content (AvgIpc) is 2.99. The van der Waals surface area contributed by atoms with Crippen LogP contribution in [0.25, 0.3) is 0 Å². The number of nitrogens with zero attached hydrogens (tertiary/aromatic N) is 1. The average molecular weight is 361 g/mol. The largest absolute Gasteiger partial charge is 0.391 e. The molecule has 1 saturated heterocycles. The summed E-state index contributed by atoms with van der Waals surface area (Å²) in [6.07, 6.45) is -1.22. The topological polar surface area (TPSA) is 45.7 Å². The molecule has 2 saturated carbocycles. The Hall–Kier alpha value is -0.980. The highest BCUT2D eigenvalue weighted by Gasteiger charge is 2.59. The summed E-state index contributed by atoms with van der Waals surface area (Å²) in [7, 11) is 0. The quantitative estimate of drug-likeness (QED) is 0.598. The van der Waals surface area contributed by atoms with Gasteiger partial charge in [0.25, 0.3) is 0 Å². The Kier molecular flexibility index (Phi) is 5.24. The number of fused-ring (bicyclic) bond motifs is 1. The molecule has 3 fully saturated rings. The maximum atomic E-state index is 12.8. The number of alkyl halides is 3. The van der Waals surface area contributed by atoms with Crippen LogP contribution >= 0.6 is 0 Å². The van der Waals surface area contributed by atoms with Crippen LogP contribution in [0.3, 0.4) is 0 Å². The number of hydrogen-bond donors (Lipinski definition) is 2. The minimum Gasteiger partial charge on any atom is -0.377 e. The van der Waals surface area contributed by atoms with Crippen LogP contribution < -0.4 is 10.6 Å². The molecule has 0 bridgehead atoms. The van der Waals surface area contributed by atoms with Gasteiger partial charge in [0.1, 0.15) is 0 Å². The van der Waals surface area contributed by atoms with Crippen molar-refractivity contribution in [1.82, 2.24) is 10.6 Å². The van der Waals surface area contributed by atoms with E-state index >= 15 is 0 Å². The number of rotatable bonds is 3. The summed E-state index contributed by atoms with van der Waals surface area (Å²) < 4.78 is 44.3. The van der Waals surface area contributed by atoms with E-state index in [-0.39, 0.29) is 24.3 Å². The molecule has 0 aromatic carbocycles. The summed E-state index contributed by atoms with van der Waals surface area (Å²) in [5.74, 6) is 0.0910. The van der Waals surface area contributed by atoms with Crippen LogP contribution in [0.1, 0.15) is 52.9 Å². The number of ether oxygens (including phenoxy) is 1. The minimum absolute atomic E-state index is 0.0469. The SMILES string of the molecule is CCN=C(NC1CCC(C(F)(F)F)CC1)NC1C2CCOC2C1(C)C. The van der Waals surface area contributed by atoms with Crippen molar-refractivity contribution in [2.45, 2.75) is 77.2 Å². The molecule has 0 spiro atoms. The molecule has 0 aromatic rings. The van der Waals surface area contributed by atoms with Crippen LogP contribution in [-0.4, -0.2) is 43.5 Å². The Bertz CT molecular complexity index is 498. The third-order valence-electron chi connectivity index (χ3n) is 6.24. The van der Waals surface area contributed by atoms with E-state index in [1.165, 1.54) is 0 Å². The Morgan fingerprint density at radius 2 is 1.80 bits per heavy atom. The van der Waals surface area contributed by atoms with E-state index in [0.29, 0.717) is 37.5 Å². The second-order valence-electron chi connectivity index (χ2n) is 8.24. The first-order valence-electron chi connectivity index (χ1n) is 9.49. The maximum absolute atomic E-state index is 12.8. The van der Waals surface area contributed by atoms with Gasteiger partial charge in [-0.15, -0.1) is 0 Å². The van der Waals surface area contributed by atoms with Crippen molar-refractivity contribution < 1.29 is 17.9 Å². The number of halogens is 3. The molecule has 4 nitrogen and oxygen atoms in total. The zero-order valence-corrected chi connectivity index (χ0v) is 15.3. The van der Waals surface area contributed by atoms with Gasteiger partial charge < -0.3 is 15.4 Å². The van der Waals surface area contributed by atoms with Crippen LogP contribution in [0, 0.1) is 17.3 Å². The Balaban J connectivity index is 1.55. The van der Waals surface area contributed by atoms with Crippen molar-refractivity contribution in [1.29, 1.82) is 0 Å². The van der Waals surface area contributed by atoms with Gasteiger partial charge in [0, 0.05) is 36.6 Å². The first-order valence-corrected chi connectivity index (χ1v) is 9.49. The lowest BCUT2D eigenvalue weighted by atomic mass is 9.57. The van der Waals surface area contributed by atoms with E-state index in [4.69, 9.17) is 4.74 Å². The van der Waals surface area contributed by atoms with Gasteiger partial charge in [0.05, 0.1) is 12.0 Å². The van der Waals surface area contributed by atoms with E-state index in [1.54, 1.807) is 0 Å². The third kappa shape index (κ3) is 3.76. The fraction of sp³-hybridized carbons (Fsp3) is 0.944. The minimum atomic E-state index is -4.06. The van der Waals surface area contributed by atoms with Crippen LogP contribution in [-0.2, 0) is 4.74 Å². The van der Waals surface area contributed by atoms with Crippen molar-refractivity contribution in [3.05, 3.63) is 0 Å². The molecule has 0 radical (unpaired) electrons. The van der Waals surface area contributed by atoms with Gasteiger partial charge in [0.15, 0.2) is 5.96 Å².